The van der Waals surface area contributed by atoms with E-state index in [2.05, 4.69) is 19.6 Å². The SMILES string of the molecule is Cc1cc(C)nc(SCCC(=O)N2CCC(c3nnsc3S(C)(=O)=O)CC2)n1. The van der Waals surface area contributed by atoms with E-state index >= 15 is 0 Å². The van der Waals surface area contributed by atoms with Gasteiger partial charge in [-0.3, -0.25) is 4.79 Å². The number of likely N-dealkylation sites (tertiary alicyclic amines) is 1. The van der Waals surface area contributed by atoms with E-state index in [0.717, 1.165) is 22.9 Å². The van der Waals surface area contributed by atoms with E-state index < -0.39 is 9.84 Å². The number of carbonyl (C=O) groups is 1. The molecule has 28 heavy (non-hydrogen) atoms. The fraction of sp³-hybridized carbons (Fsp3) is 0.588. The number of thioether (sulfide) groups is 1. The Morgan fingerprint density at radius 2 is 1.89 bits per heavy atom. The Morgan fingerprint density at radius 1 is 1.25 bits per heavy atom. The molecule has 0 bridgehead atoms. The van der Waals surface area contributed by atoms with Gasteiger partial charge in [0.2, 0.25) is 5.91 Å². The molecular formula is C17H23N5O3S3. The van der Waals surface area contributed by atoms with Gasteiger partial charge in [0.05, 0.1) is 5.69 Å². The van der Waals surface area contributed by atoms with E-state index in [4.69, 9.17) is 0 Å². The van der Waals surface area contributed by atoms with Gasteiger partial charge in [0.1, 0.15) is 0 Å². The Hall–Kier alpha value is -1.59. The molecule has 11 heteroatoms. The molecule has 3 heterocycles. The third-order valence-electron chi connectivity index (χ3n) is 4.56. The number of amides is 1. The molecule has 0 N–H and O–H groups in total. The van der Waals surface area contributed by atoms with Gasteiger partial charge in [-0.05, 0) is 32.8 Å². The predicted molar refractivity (Wildman–Crippen MR) is 108 cm³/mol. The molecule has 1 saturated heterocycles. The molecule has 152 valence electrons. The van der Waals surface area contributed by atoms with Crippen LogP contribution in [0.1, 0.15) is 42.3 Å². The van der Waals surface area contributed by atoms with Crippen LogP contribution in [0.3, 0.4) is 0 Å². The highest BCUT2D eigenvalue weighted by Gasteiger charge is 2.30. The van der Waals surface area contributed by atoms with Crippen molar-refractivity contribution in [1.82, 2.24) is 24.5 Å². The summed E-state index contributed by atoms with van der Waals surface area (Å²) in [5, 5.41) is 4.74. The van der Waals surface area contributed by atoms with Crippen molar-refractivity contribution < 1.29 is 13.2 Å². The van der Waals surface area contributed by atoms with Crippen LogP contribution >= 0.6 is 23.3 Å². The van der Waals surface area contributed by atoms with Crippen molar-refractivity contribution in [1.29, 1.82) is 0 Å². The first-order valence-electron chi connectivity index (χ1n) is 8.99. The van der Waals surface area contributed by atoms with E-state index in [1.807, 2.05) is 24.8 Å². The summed E-state index contributed by atoms with van der Waals surface area (Å²) in [5.74, 6) is 0.774. The van der Waals surface area contributed by atoms with Crippen LogP contribution in [-0.4, -0.2) is 63.9 Å². The van der Waals surface area contributed by atoms with E-state index in [0.29, 0.717) is 49.0 Å². The molecule has 0 radical (unpaired) electrons. The lowest BCUT2D eigenvalue weighted by Crippen LogP contribution is -2.38. The molecule has 0 atom stereocenters. The molecule has 0 spiro atoms. The summed E-state index contributed by atoms with van der Waals surface area (Å²) in [4.78, 5) is 23.1. The molecule has 2 aromatic rings. The first-order chi connectivity index (χ1) is 13.2. The molecule has 0 aromatic carbocycles. The number of sulfone groups is 1. The van der Waals surface area contributed by atoms with Crippen LogP contribution in [0.25, 0.3) is 0 Å². The van der Waals surface area contributed by atoms with Gasteiger partial charge in [-0.15, -0.1) is 5.10 Å². The van der Waals surface area contributed by atoms with E-state index in [9.17, 15) is 13.2 Å². The zero-order valence-corrected chi connectivity index (χ0v) is 18.5. The highest BCUT2D eigenvalue weighted by molar-refractivity contribution is 7.99. The van der Waals surface area contributed by atoms with Crippen molar-refractivity contribution in [3.05, 3.63) is 23.1 Å². The van der Waals surface area contributed by atoms with Crippen LogP contribution in [0, 0.1) is 13.8 Å². The monoisotopic (exact) mass is 441 g/mol. The van der Waals surface area contributed by atoms with E-state index in [1.54, 1.807) is 0 Å². The average molecular weight is 442 g/mol. The average Bonchev–Trinajstić information content (AvgIpc) is 3.11. The summed E-state index contributed by atoms with van der Waals surface area (Å²) in [6, 6.07) is 1.92. The molecule has 1 fully saturated rings. The Morgan fingerprint density at radius 3 is 2.50 bits per heavy atom. The molecule has 3 rings (SSSR count). The van der Waals surface area contributed by atoms with Crippen LogP contribution in [0.2, 0.25) is 0 Å². The molecule has 0 aliphatic carbocycles. The summed E-state index contributed by atoms with van der Waals surface area (Å²) in [6.07, 6.45) is 3.01. The Kier molecular flexibility index (Phi) is 6.66. The van der Waals surface area contributed by atoms with Crippen molar-refractivity contribution >= 4 is 39.0 Å². The normalized spacial score (nSPS) is 15.8. The molecule has 1 amide bonds. The number of rotatable bonds is 6. The fourth-order valence-corrected chi connectivity index (χ4v) is 5.85. The second-order valence-electron chi connectivity index (χ2n) is 6.90. The summed E-state index contributed by atoms with van der Waals surface area (Å²) >= 11 is 2.41. The minimum Gasteiger partial charge on any atom is -0.343 e. The van der Waals surface area contributed by atoms with E-state index in [-0.39, 0.29) is 16.0 Å². The molecule has 8 nitrogen and oxygen atoms in total. The maximum Gasteiger partial charge on any atom is 0.223 e. The van der Waals surface area contributed by atoms with Crippen LogP contribution in [0.4, 0.5) is 0 Å². The first kappa shape index (κ1) is 21.1. The fourth-order valence-electron chi connectivity index (χ4n) is 3.24. The summed E-state index contributed by atoms with van der Waals surface area (Å²) in [7, 11) is -3.32. The summed E-state index contributed by atoms with van der Waals surface area (Å²) in [5.41, 5.74) is 2.41. The van der Waals surface area contributed by atoms with Gasteiger partial charge in [-0.1, -0.05) is 16.3 Å². The van der Waals surface area contributed by atoms with Gasteiger partial charge in [0, 0.05) is 60.4 Å². The number of nitrogens with zero attached hydrogens (tertiary/aromatic N) is 5. The van der Waals surface area contributed by atoms with Gasteiger partial charge < -0.3 is 4.90 Å². The summed E-state index contributed by atoms with van der Waals surface area (Å²) in [6.45, 7) is 5.08. The predicted octanol–water partition coefficient (Wildman–Crippen LogP) is 2.24. The second-order valence-corrected chi connectivity index (χ2v) is 10.9. The molecule has 1 aliphatic heterocycles. The molecule has 2 aromatic heterocycles. The minimum absolute atomic E-state index is 0.0329. The van der Waals surface area contributed by atoms with Crippen molar-refractivity contribution in [3.63, 3.8) is 0 Å². The lowest BCUT2D eigenvalue weighted by Gasteiger charge is -2.31. The van der Waals surface area contributed by atoms with Gasteiger partial charge in [0.25, 0.3) is 0 Å². The number of piperidine rings is 1. The quantitative estimate of drug-likeness (QED) is 0.496. The lowest BCUT2D eigenvalue weighted by atomic mass is 9.94. The number of hydrogen-bond acceptors (Lipinski definition) is 9. The number of hydrogen-bond donors (Lipinski definition) is 0. The molecular weight excluding hydrogens is 418 g/mol. The number of aromatic nitrogens is 4. The van der Waals surface area contributed by atoms with Gasteiger partial charge in [-0.2, -0.15) is 0 Å². The molecule has 0 saturated carbocycles. The maximum absolute atomic E-state index is 12.5. The Bertz CT molecular complexity index is 932. The smallest absolute Gasteiger partial charge is 0.223 e. The van der Waals surface area contributed by atoms with E-state index in [1.165, 1.54) is 18.0 Å². The van der Waals surface area contributed by atoms with Crippen LogP contribution in [0.5, 0.6) is 0 Å². The van der Waals surface area contributed by atoms with Crippen molar-refractivity contribution in [2.45, 2.75) is 48.4 Å². The van der Waals surface area contributed by atoms with Gasteiger partial charge in [-0.25, -0.2) is 18.4 Å². The van der Waals surface area contributed by atoms with Crippen LogP contribution in [-0.2, 0) is 14.6 Å². The molecule has 0 unspecified atom stereocenters. The molecule has 1 aliphatic rings. The minimum atomic E-state index is -3.32. The van der Waals surface area contributed by atoms with Crippen molar-refractivity contribution in [2.24, 2.45) is 0 Å². The largest absolute Gasteiger partial charge is 0.343 e. The zero-order valence-electron chi connectivity index (χ0n) is 16.1. The topological polar surface area (TPSA) is 106 Å². The Balaban J connectivity index is 1.49. The summed E-state index contributed by atoms with van der Waals surface area (Å²) < 4.78 is 27.8. The Labute approximate surface area is 173 Å². The third kappa shape index (κ3) is 5.26. The van der Waals surface area contributed by atoms with Crippen LogP contribution in [0.15, 0.2) is 15.4 Å². The van der Waals surface area contributed by atoms with Crippen molar-refractivity contribution in [2.75, 3.05) is 25.1 Å². The highest BCUT2D eigenvalue weighted by Crippen LogP contribution is 2.32. The lowest BCUT2D eigenvalue weighted by molar-refractivity contribution is -0.131. The zero-order chi connectivity index (χ0) is 20.3. The van der Waals surface area contributed by atoms with Gasteiger partial charge >= 0.3 is 0 Å². The maximum atomic E-state index is 12.5. The second kappa shape index (κ2) is 8.83. The first-order valence-corrected chi connectivity index (χ1v) is 12.6. The van der Waals surface area contributed by atoms with Gasteiger partial charge in [0.15, 0.2) is 19.2 Å². The number of aryl methyl sites for hydroxylation is 2. The number of carbonyl (C=O) groups excluding carboxylic acids is 1. The standard InChI is InChI=1S/C17H23N5O3S3/c1-11-10-12(2)19-17(18-11)26-9-6-14(23)22-7-4-13(5-8-22)15-16(27-21-20-15)28(3,24)25/h10,13H,4-9H2,1-3H3. The van der Waals surface area contributed by atoms with Crippen LogP contribution < -0.4 is 0 Å². The highest BCUT2D eigenvalue weighted by atomic mass is 32.2. The third-order valence-corrected chi connectivity index (χ3v) is 7.96. The van der Waals surface area contributed by atoms with Crippen molar-refractivity contribution in [3.8, 4) is 0 Å².